The minimum atomic E-state index is 0. The third kappa shape index (κ3) is 8.95. The fourth-order valence-corrected chi connectivity index (χ4v) is 4.43. The molecule has 0 bridgehead atoms. The summed E-state index contributed by atoms with van der Waals surface area (Å²) in [6.45, 7) is 18.1. The molecular formula is C32H42Cl2Zr. The smallest absolute Gasteiger partial charge is 1.00 e. The van der Waals surface area contributed by atoms with Crippen LogP contribution < -0.4 is 24.8 Å². The Morgan fingerprint density at radius 3 is 1.66 bits per heavy atom. The van der Waals surface area contributed by atoms with Crippen molar-refractivity contribution >= 4 is 21.5 Å². The van der Waals surface area contributed by atoms with Gasteiger partial charge >= 0.3 is 26.2 Å². The zero-order valence-electron chi connectivity index (χ0n) is 22.9. The molecule has 3 aromatic rings. The van der Waals surface area contributed by atoms with E-state index in [1.165, 1.54) is 63.9 Å². The van der Waals surface area contributed by atoms with Gasteiger partial charge in [0.05, 0.1) is 0 Å². The molecule has 1 aliphatic carbocycles. The van der Waals surface area contributed by atoms with Gasteiger partial charge in [0, 0.05) is 0 Å². The first-order chi connectivity index (χ1) is 15.0. The van der Waals surface area contributed by atoms with E-state index < -0.39 is 0 Å². The average Bonchev–Trinajstić information content (AvgIpc) is 3.30. The molecule has 0 aliphatic heterocycles. The summed E-state index contributed by atoms with van der Waals surface area (Å²) in [7, 11) is 0. The molecule has 1 atom stereocenters. The molecule has 0 saturated carbocycles. The molecule has 0 aromatic heterocycles. The SMILES string of the molecule is CC(C)(C)c1ccc2c(c1)[cH-]c1cc(C(C)(C)C)ccc12.CCCC1=[C-]C(CCC)C=C1.[Cl-].[Cl-].[Zr+4]. The van der Waals surface area contributed by atoms with Crippen LogP contribution in [0.25, 0.3) is 21.5 Å². The van der Waals surface area contributed by atoms with Crippen LogP contribution in [0.1, 0.15) is 92.2 Å². The van der Waals surface area contributed by atoms with Crippen molar-refractivity contribution < 1.29 is 51.0 Å². The second-order valence-electron chi connectivity index (χ2n) is 11.4. The van der Waals surface area contributed by atoms with Gasteiger partial charge in [-0.05, 0) is 10.8 Å². The van der Waals surface area contributed by atoms with Crippen molar-refractivity contribution in [2.24, 2.45) is 5.92 Å². The fraction of sp³-hybridized carbons (Fsp3) is 0.469. The van der Waals surface area contributed by atoms with Crippen LogP contribution in [0.2, 0.25) is 0 Å². The summed E-state index contributed by atoms with van der Waals surface area (Å²) in [6, 6.07) is 16.2. The van der Waals surface area contributed by atoms with Gasteiger partial charge in [0.15, 0.2) is 0 Å². The zero-order valence-corrected chi connectivity index (χ0v) is 26.8. The van der Waals surface area contributed by atoms with Crippen molar-refractivity contribution in [3.63, 3.8) is 0 Å². The quantitative estimate of drug-likeness (QED) is 0.407. The van der Waals surface area contributed by atoms with E-state index in [0.29, 0.717) is 5.92 Å². The van der Waals surface area contributed by atoms with E-state index in [-0.39, 0.29) is 61.8 Å². The van der Waals surface area contributed by atoms with Crippen molar-refractivity contribution in [1.29, 1.82) is 0 Å². The average molecular weight is 589 g/mol. The molecule has 0 nitrogen and oxygen atoms in total. The molecule has 0 saturated heterocycles. The standard InChI is InChI=1S/C21H25.C11H17.2ClH.Zr/c1-20(2,3)16-7-9-18-14(12-16)11-15-13-17(21(4,5)6)8-10-19(15)18;1-3-5-10-7-8-11(9-10)6-4-2;;;/h7-13H,1-6H3;7-8,10H,3-6H2,1-2H3;2*1H;/q2*-1;;;+4/p-2. The molecule has 0 fully saturated rings. The predicted molar refractivity (Wildman–Crippen MR) is 144 cm³/mol. The van der Waals surface area contributed by atoms with Crippen LogP contribution in [0.15, 0.2) is 60.2 Å². The Kier molecular flexibility index (Phi) is 14.0. The van der Waals surface area contributed by atoms with E-state index >= 15 is 0 Å². The Morgan fingerprint density at radius 2 is 1.26 bits per heavy atom. The zero-order chi connectivity index (χ0) is 23.5. The van der Waals surface area contributed by atoms with E-state index in [2.05, 4.69) is 116 Å². The second kappa shape index (κ2) is 14.3. The summed E-state index contributed by atoms with van der Waals surface area (Å²) in [6.07, 6.45) is 13.0. The minimum Gasteiger partial charge on any atom is -1.00 e. The number of allylic oxidation sites excluding steroid dienone is 4. The minimum absolute atomic E-state index is 0. The largest absolute Gasteiger partial charge is 4.00 e. The maximum Gasteiger partial charge on any atom is 4.00 e. The van der Waals surface area contributed by atoms with E-state index in [4.69, 9.17) is 0 Å². The molecule has 0 N–H and O–H groups in total. The number of halogens is 2. The molecular weight excluding hydrogens is 546 g/mol. The van der Waals surface area contributed by atoms with Crippen molar-refractivity contribution in [2.45, 2.75) is 91.9 Å². The number of benzene rings is 2. The Bertz CT molecular complexity index is 1050. The van der Waals surface area contributed by atoms with E-state index in [9.17, 15) is 0 Å². The number of fused-ring (bicyclic) bond motifs is 3. The van der Waals surface area contributed by atoms with Crippen LogP contribution in [0.4, 0.5) is 0 Å². The molecule has 1 aliphatic rings. The van der Waals surface area contributed by atoms with Gasteiger partial charge in [-0.2, -0.15) is 6.08 Å². The van der Waals surface area contributed by atoms with E-state index in [1.54, 1.807) is 0 Å². The van der Waals surface area contributed by atoms with Gasteiger partial charge in [-0.3, -0.25) is 6.08 Å². The molecule has 0 heterocycles. The van der Waals surface area contributed by atoms with Gasteiger partial charge in [0.25, 0.3) is 0 Å². The first-order valence-corrected chi connectivity index (χ1v) is 12.5. The van der Waals surface area contributed by atoms with E-state index in [0.717, 1.165) is 0 Å². The first kappa shape index (κ1) is 34.3. The fourth-order valence-electron chi connectivity index (χ4n) is 4.43. The Morgan fingerprint density at radius 1 is 0.771 bits per heavy atom. The summed E-state index contributed by atoms with van der Waals surface area (Å²) in [5.41, 5.74) is 4.64. The molecule has 0 amide bonds. The van der Waals surface area contributed by atoms with Crippen molar-refractivity contribution in [1.82, 2.24) is 0 Å². The molecule has 35 heavy (non-hydrogen) atoms. The number of hydrogen-bond acceptors (Lipinski definition) is 0. The molecule has 188 valence electrons. The first-order valence-electron chi connectivity index (χ1n) is 12.5. The van der Waals surface area contributed by atoms with Crippen LogP contribution in [0.3, 0.4) is 0 Å². The molecule has 1 unspecified atom stereocenters. The van der Waals surface area contributed by atoms with Crippen LogP contribution in [0.5, 0.6) is 0 Å². The Balaban J connectivity index is 0.000000714. The van der Waals surface area contributed by atoms with Crippen LogP contribution in [-0.2, 0) is 37.0 Å². The summed E-state index contributed by atoms with van der Waals surface area (Å²) < 4.78 is 0. The van der Waals surface area contributed by atoms with Crippen molar-refractivity contribution in [3.8, 4) is 0 Å². The predicted octanol–water partition coefficient (Wildman–Crippen LogP) is 3.81. The summed E-state index contributed by atoms with van der Waals surface area (Å²) >= 11 is 0. The second-order valence-corrected chi connectivity index (χ2v) is 11.4. The number of hydrogen-bond donors (Lipinski definition) is 0. The van der Waals surface area contributed by atoms with Gasteiger partial charge in [-0.25, -0.2) is 11.6 Å². The molecule has 3 heteroatoms. The molecule has 0 spiro atoms. The summed E-state index contributed by atoms with van der Waals surface area (Å²) in [4.78, 5) is 0. The van der Waals surface area contributed by atoms with Crippen LogP contribution >= 0.6 is 0 Å². The van der Waals surface area contributed by atoms with Crippen molar-refractivity contribution in [2.75, 3.05) is 0 Å². The van der Waals surface area contributed by atoms with Crippen LogP contribution in [0, 0.1) is 12.0 Å². The third-order valence-corrected chi connectivity index (χ3v) is 6.46. The molecule has 0 radical (unpaired) electrons. The van der Waals surface area contributed by atoms with Gasteiger partial charge in [-0.1, -0.05) is 122 Å². The summed E-state index contributed by atoms with van der Waals surface area (Å²) in [5.74, 6) is 0.626. The van der Waals surface area contributed by atoms with Crippen molar-refractivity contribution in [3.05, 3.63) is 77.4 Å². The van der Waals surface area contributed by atoms with Gasteiger partial charge in [0.1, 0.15) is 0 Å². The third-order valence-electron chi connectivity index (χ3n) is 6.46. The summed E-state index contributed by atoms with van der Waals surface area (Å²) in [5, 5.41) is 5.48. The molecule has 4 rings (SSSR count). The van der Waals surface area contributed by atoms with Gasteiger partial charge < -0.3 is 24.8 Å². The maximum absolute atomic E-state index is 3.50. The Labute approximate surface area is 246 Å². The maximum atomic E-state index is 3.50. The van der Waals surface area contributed by atoms with Crippen LogP contribution in [-0.4, -0.2) is 0 Å². The topological polar surface area (TPSA) is 0 Å². The molecule has 3 aromatic carbocycles. The monoisotopic (exact) mass is 586 g/mol. The van der Waals surface area contributed by atoms with E-state index in [1.807, 2.05) is 0 Å². The Hall–Kier alpha value is -0.747. The number of rotatable bonds is 4. The van der Waals surface area contributed by atoms with Gasteiger partial charge in [-0.15, -0.1) is 39.7 Å². The normalized spacial score (nSPS) is 15.0. The van der Waals surface area contributed by atoms with Gasteiger partial charge in [0.2, 0.25) is 0 Å².